The van der Waals surface area contributed by atoms with Crippen LogP contribution in [0.4, 0.5) is 0 Å². The van der Waals surface area contributed by atoms with Crippen LogP contribution in [0.25, 0.3) is 6.08 Å². The van der Waals surface area contributed by atoms with Gasteiger partial charge in [0.25, 0.3) is 0 Å². The molecule has 1 aliphatic rings. The standard InChI is InChI=1S/C30H32ClN5O5/c1-40-27-6-4-7-28(35-27)41-24-14-17-36(18-15-24)29(38)20-33-30(39)25(19-23-5-2-3-16-32-23)34-26(37)13-10-21-8-11-22(31)12-9-21/h2-13,16,24-25H,14-15,17-20H2,1H3,(H,33,39)(H,34,37)/t25-/m0/s1. The average Bonchev–Trinajstić information content (AvgIpc) is 3.00. The highest BCUT2D eigenvalue weighted by Gasteiger charge is 2.26. The predicted octanol–water partition coefficient (Wildman–Crippen LogP) is 3.07. The first-order chi connectivity index (χ1) is 19.9. The number of likely N-dealkylation sites (tertiary alicyclic amines) is 1. The van der Waals surface area contributed by atoms with E-state index < -0.39 is 17.9 Å². The Bertz CT molecular complexity index is 1340. The van der Waals surface area contributed by atoms with E-state index in [1.54, 1.807) is 78.9 Å². The number of carbonyl (C=O) groups is 3. The summed E-state index contributed by atoms with van der Waals surface area (Å²) in [5.41, 5.74) is 1.42. The second kappa shape index (κ2) is 14.8. The minimum absolute atomic E-state index is 0.0767. The lowest BCUT2D eigenvalue weighted by Gasteiger charge is -2.32. The molecular formula is C30H32ClN5O5. The third-order valence-corrected chi connectivity index (χ3v) is 6.72. The molecule has 3 amide bonds. The SMILES string of the molecule is COc1cccc(OC2CCN(C(=O)CNC(=O)[C@H](Cc3ccccn3)NC(=O)C=Cc3ccc(Cl)cc3)CC2)n1. The third kappa shape index (κ3) is 9.32. The predicted molar refractivity (Wildman–Crippen MR) is 154 cm³/mol. The molecule has 3 heterocycles. The monoisotopic (exact) mass is 577 g/mol. The summed E-state index contributed by atoms with van der Waals surface area (Å²) in [4.78, 5) is 48.8. The topological polar surface area (TPSA) is 123 Å². The molecule has 2 aromatic heterocycles. The lowest BCUT2D eigenvalue weighted by molar-refractivity contribution is -0.135. The first-order valence-corrected chi connectivity index (χ1v) is 13.6. The summed E-state index contributed by atoms with van der Waals surface area (Å²) in [6.45, 7) is 0.802. The largest absolute Gasteiger partial charge is 0.481 e. The number of aromatic nitrogens is 2. The Balaban J connectivity index is 1.28. The van der Waals surface area contributed by atoms with Crippen LogP contribution in [0.15, 0.2) is 72.9 Å². The number of pyridine rings is 2. The van der Waals surface area contributed by atoms with Gasteiger partial charge in [0.1, 0.15) is 12.1 Å². The molecular weight excluding hydrogens is 546 g/mol. The minimum atomic E-state index is -0.922. The molecule has 0 unspecified atom stereocenters. The average molecular weight is 578 g/mol. The van der Waals surface area contributed by atoms with E-state index in [1.165, 1.54) is 6.08 Å². The molecule has 0 saturated carbocycles. The smallest absolute Gasteiger partial charge is 0.244 e. The van der Waals surface area contributed by atoms with Gasteiger partial charge < -0.3 is 25.0 Å². The van der Waals surface area contributed by atoms with E-state index in [4.69, 9.17) is 21.1 Å². The van der Waals surface area contributed by atoms with Crippen LogP contribution in [0.2, 0.25) is 5.02 Å². The number of halogens is 1. The highest BCUT2D eigenvalue weighted by atomic mass is 35.5. The number of hydrogen-bond donors (Lipinski definition) is 2. The van der Waals surface area contributed by atoms with E-state index in [9.17, 15) is 14.4 Å². The minimum Gasteiger partial charge on any atom is -0.481 e. The van der Waals surface area contributed by atoms with Gasteiger partial charge in [-0.1, -0.05) is 35.9 Å². The molecule has 1 aliphatic heterocycles. The molecule has 41 heavy (non-hydrogen) atoms. The van der Waals surface area contributed by atoms with Crippen LogP contribution in [0.5, 0.6) is 11.8 Å². The zero-order chi connectivity index (χ0) is 29.0. The first-order valence-electron chi connectivity index (χ1n) is 13.3. The Hall–Kier alpha value is -4.44. The van der Waals surface area contributed by atoms with Gasteiger partial charge in [-0.25, -0.2) is 0 Å². The molecule has 2 N–H and O–H groups in total. The van der Waals surface area contributed by atoms with Gasteiger partial charge in [-0.05, 0) is 35.9 Å². The zero-order valence-electron chi connectivity index (χ0n) is 22.7. The maximum atomic E-state index is 13.1. The first kappa shape index (κ1) is 29.5. The van der Waals surface area contributed by atoms with Crippen LogP contribution in [0, 0.1) is 0 Å². The quantitative estimate of drug-likeness (QED) is 0.336. The summed E-state index contributed by atoms with van der Waals surface area (Å²) in [6.07, 6.45) is 5.96. The van der Waals surface area contributed by atoms with Crippen LogP contribution >= 0.6 is 11.6 Å². The van der Waals surface area contributed by atoms with Crippen molar-refractivity contribution in [2.75, 3.05) is 26.7 Å². The number of piperidine rings is 1. The fraction of sp³-hybridized carbons (Fsp3) is 0.300. The number of methoxy groups -OCH3 is 1. The number of nitrogens with one attached hydrogen (secondary N) is 2. The third-order valence-electron chi connectivity index (χ3n) is 6.47. The normalized spacial score (nSPS) is 14.3. The second-order valence-corrected chi connectivity index (χ2v) is 9.84. The van der Waals surface area contributed by atoms with Crippen molar-refractivity contribution in [1.29, 1.82) is 0 Å². The van der Waals surface area contributed by atoms with Crippen LogP contribution in [0.1, 0.15) is 24.1 Å². The second-order valence-electron chi connectivity index (χ2n) is 9.41. The van der Waals surface area contributed by atoms with Gasteiger partial charge in [-0.2, -0.15) is 4.98 Å². The van der Waals surface area contributed by atoms with Crippen LogP contribution in [-0.4, -0.2) is 71.5 Å². The van der Waals surface area contributed by atoms with Gasteiger partial charge in [0.2, 0.25) is 29.5 Å². The van der Waals surface area contributed by atoms with E-state index in [0.717, 1.165) is 5.56 Å². The summed E-state index contributed by atoms with van der Waals surface area (Å²) in [5, 5.41) is 6.00. The van der Waals surface area contributed by atoms with Crippen molar-refractivity contribution < 1.29 is 23.9 Å². The van der Waals surface area contributed by atoms with Gasteiger partial charge in [0, 0.05) is 67.5 Å². The van der Waals surface area contributed by atoms with Crippen molar-refractivity contribution in [3.8, 4) is 11.8 Å². The summed E-state index contributed by atoms with van der Waals surface area (Å²) in [6, 6.07) is 16.7. The molecule has 11 heteroatoms. The van der Waals surface area contributed by atoms with E-state index in [1.807, 2.05) is 6.07 Å². The molecule has 1 fully saturated rings. The van der Waals surface area contributed by atoms with E-state index in [2.05, 4.69) is 20.6 Å². The van der Waals surface area contributed by atoms with Gasteiger partial charge in [0.05, 0.1) is 13.7 Å². The lowest BCUT2D eigenvalue weighted by Crippen LogP contribution is -2.51. The molecule has 0 radical (unpaired) electrons. The number of benzene rings is 1. The number of hydrogen-bond acceptors (Lipinski definition) is 7. The molecule has 0 bridgehead atoms. The Morgan fingerprint density at radius 2 is 1.80 bits per heavy atom. The molecule has 3 aromatic rings. The Morgan fingerprint density at radius 3 is 2.51 bits per heavy atom. The van der Waals surface area contributed by atoms with Crippen molar-refractivity contribution in [1.82, 2.24) is 25.5 Å². The summed E-state index contributed by atoms with van der Waals surface area (Å²) in [7, 11) is 1.55. The van der Waals surface area contributed by atoms with Gasteiger partial charge in [-0.3, -0.25) is 19.4 Å². The molecule has 0 spiro atoms. The summed E-state index contributed by atoms with van der Waals surface area (Å²) in [5.74, 6) is -0.178. The number of ether oxygens (including phenoxy) is 2. The fourth-order valence-electron chi connectivity index (χ4n) is 4.27. The van der Waals surface area contributed by atoms with Crippen molar-refractivity contribution >= 4 is 35.4 Å². The van der Waals surface area contributed by atoms with E-state index >= 15 is 0 Å². The molecule has 10 nitrogen and oxygen atoms in total. The molecule has 4 rings (SSSR count). The number of rotatable bonds is 11. The van der Waals surface area contributed by atoms with Crippen molar-refractivity contribution in [2.45, 2.75) is 31.4 Å². The Kier molecular flexibility index (Phi) is 10.7. The van der Waals surface area contributed by atoms with Crippen molar-refractivity contribution in [3.05, 3.63) is 89.2 Å². The Labute approximate surface area is 243 Å². The summed E-state index contributed by atoms with van der Waals surface area (Å²) >= 11 is 5.91. The van der Waals surface area contributed by atoms with Crippen LogP contribution in [0.3, 0.4) is 0 Å². The van der Waals surface area contributed by atoms with E-state index in [0.29, 0.717) is 48.4 Å². The fourth-order valence-corrected chi connectivity index (χ4v) is 4.40. The number of amides is 3. The molecule has 1 atom stereocenters. The highest BCUT2D eigenvalue weighted by molar-refractivity contribution is 6.30. The number of nitrogens with zero attached hydrogens (tertiary/aromatic N) is 3. The molecule has 1 saturated heterocycles. The van der Waals surface area contributed by atoms with Gasteiger partial charge >= 0.3 is 0 Å². The van der Waals surface area contributed by atoms with Crippen molar-refractivity contribution in [3.63, 3.8) is 0 Å². The van der Waals surface area contributed by atoms with Crippen molar-refractivity contribution in [2.24, 2.45) is 0 Å². The molecule has 0 aliphatic carbocycles. The zero-order valence-corrected chi connectivity index (χ0v) is 23.4. The van der Waals surface area contributed by atoms with Gasteiger partial charge in [-0.15, -0.1) is 0 Å². The molecule has 1 aromatic carbocycles. The maximum Gasteiger partial charge on any atom is 0.244 e. The summed E-state index contributed by atoms with van der Waals surface area (Å²) < 4.78 is 11.1. The van der Waals surface area contributed by atoms with Gasteiger partial charge in [0.15, 0.2) is 0 Å². The van der Waals surface area contributed by atoms with E-state index in [-0.39, 0.29) is 25.0 Å². The Morgan fingerprint density at radius 1 is 1.05 bits per heavy atom. The molecule has 214 valence electrons. The maximum absolute atomic E-state index is 13.1. The number of carbonyl (C=O) groups excluding carboxylic acids is 3. The van der Waals surface area contributed by atoms with Crippen LogP contribution < -0.4 is 20.1 Å². The lowest BCUT2D eigenvalue weighted by atomic mass is 10.1. The van der Waals surface area contributed by atoms with Crippen LogP contribution in [-0.2, 0) is 20.8 Å². The highest BCUT2D eigenvalue weighted by Crippen LogP contribution is 2.19.